The van der Waals surface area contributed by atoms with Crippen LogP contribution in [-0.2, 0) is 18.2 Å². The Hall–Kier alpha value is -1.75. The Morgan fingerprint density at radius 2 is 2.21 bits per heavy atom. The summed E-state index contributed by atoms with van der Waals surface area (Å²) in [4.78, 5) is 6.73. The molecule has 1 atom stereocenters. The Kier molecular flexibility index (Phi) is 8.61. The van der Waals surface area contributed by atoms with Crippen molar-refractivity contribution in [3.63, 3.8) is 0 Å². The number of nitrogens with zero attached hydrogens (tertiary/aromatic N) is 4. The van der Waals surface area contributed by atoms with Crippen LogP contribution in [0.2, 0.25) is 0 Å². The molecule has 0 amide bonds. The molecule has 0 bridgehead atoms. The van der Waals surface area contributed by atoms with Gasteiger partial charge in [0.1, 0.15) is 6.10 Å². The summed E-state index contributed by atoms with van der Waals surface area (Å²) in [6.45, 7) is 5.06. The number of morpholine rings is 1. The van der Waals surface area contributed by atoms with Crippen molar-refractivity contribution in [2.24, 2.45) is 12.0 Å². The monoisotopic (exact) mass is 505 g/mol. The Morgan fingerprint density at radius 3 is 2.93 bits per heavy atom. The minimum atomic E-state index is -0.823. The van der Waals surface area contributed by atoms with Crippen molar-refractivity contribution in [2.45, 2.75) is 19.4 Å². The second-order valence-electron chi connectivity index (χ2n) is 6.45. The van der Waals surface area contributed by atoms with Gasteiger partial charge >= 0.3 is 0 Å². The predicted octanol–water partition coefficient (Wildman–Crippen LogP) is 2.90. The zero-order chi connectivity index (χ0) is 19.2. The molecule has 6 nitrogen and oxygen atoms in total. The van der Waals surface area contributed by atoms with Crippen LogP contribution in [0.3, 0.4) is 0 Å². The summed E-state index contributed by atoms with van der Waals surface area (Å²) in [7, 11) is 1.88. The minimum absolute atomic E-state index is 0. The van der Waals surface area contributed by atoms with Crippen LogP contribution >= 0.6 is 24.0 Å². The van der Waals surface area contributed by atoms with Crippen LogP contribution in [0, 0.1) is 11.6 Å². The average molecular weight is 505 g/mol. The van der Waals surface area contributed by atoms with Crippen LogP contribution < -0.4 is 5.32 Å². The lowest BCUT2D eigenvalue weighted by molar-refractivity contribution is -0.00803. The van der Waals surface area contributed by atoms with Crippen molar-refractivity contribution in [3.05, 3.63) is 53.4 Å². The van der Waals surface area contributed by atoms with Gasteiger partial charge in [-0.3, -0.25) is 9.67 Å². The molecule has 0 aliphatic carbocycles. The highest BCUT2D eigenvalue weighted by Crippen LogP contribution is 2.21. The lowest BCUT2D eigenvalue weighted by Gasteiger charge is -2.34. The Bertz CT molecular complexity index is 798. The third-order valence-corrected chi connectivity index (χ3v) is 4.47. The highest BCUT2D eigenvalue weighted by atomic mass is 127. The first-order chi connectivity index (χ1) is 13.1. The second-order valence-corrected chi connectivity index (χ2v) is 6.45. The molecule has 1 unspecified atom stereocenters. The van der Waals surface area contributed by atoms with E-state index in [-0.39, 0.29) is 30.1 Å². The average Bonchev–Trinajstić information content (AvgIpc) is 3.11. The summed E-state index contributed by atoms with van der Waals surface area (Å²) in [6, 6.07) is 4.23. The fourth-order valence-electron chi connectivity index (χ4n) is 3.10. The minimum Gasteiger partial charge on any atom is -0.370 e. The third-order valence-electron chi connectivity index (χ3n) is 4.47. The number of rotatable bonds is 5. The van der Waals surface area contributed by atoms with Crippen LogP contribution in [0.5, 0.6) is 0 Å². The number of halogens is 3. The molecule has 1 fully saturated rings. The van der Waals surface area contributed by atoms with Crippen molar-refractivity contribution >= 4 is 29.9 Å². The fraction of sp³-hybridized carbons (Fsp3) is 0.474. The summed E-state index contributed by atoms with van der Waals surface area (Å²) in [5.41, 5.74) is 1.37. The van der Waals surface area contributed by atoms with Crippen molar-refractivity contribution in [2.75, 3.05) is 32.8 Å². The molecule has 0 saturated carbocycles. The number of aryl methyl sites for hydroxylation is 1. The Labute approximate surface area is 181 Å². The number of benzene rings is 1. The molecule has 1 aliphatic heterocycles. The molecule has 9 heteroatoms. The first-order valence-electron chi connectivity index (χ1n) is 9.14. The molecule has 1 aromatic heterocycles. The van der Waals surface area contributed by atoms with Gasteiger partial charge in [0.05, 0.1) is 19.3 Å². The van der Waals surface area contributed by atoms with E-state index in [2.05, 4.69) is 20.3 Å². The number of guanidine groups is 1. The predicted molar refractivity (Wildman–Crippen MR) is 115 cm³/mol. The lowest BCUT2D eigenvalue weighted by atomic mass is 10.1. The quantitative estimate of drug-likeness (QED) is 0.386. The summed E-state index contributed by atoms with van der Waals surface area (Å²) in [5.74, 6) is -0.858. The van der Waals surface area contributed by atoms with E-state index in [1.807, 2.05) is 26.4 Å². The smallest absolute Gasteiger partial charge is 0.194 e. The number of hydrogen-bond donors (Lipinski definition) is 1. The molecule has 1 N–H and O–H groups in total. The Morgan fingerprint density at radius 1 is 1.39 bits per heavy atom. The molecular weight excluding hydrogens is 479 g/mol. The molecule has 1 aromatic carbocycles. The van der Waals surface area contributed by atoms with Crippen molar-refractivity contribution in [1.29, 1.82) is 0 Å². The van der Waals surface area contributed by atoms with E-state index in [9.17, 15) is 8.78 Å². The summed E-state index contributed by atoms with van der Waals surface area (Å²) in [5, 5.41) is 7.48. The fourth-order valence-corrected chi connectivity index (χ4v) is 3.10. The number of hydrogen-bond acceptors (Lipinski definition) is 3. The van der Waals surface area contributed by atoms with Gasteiger partial charge in [0, 0.05) is 38.4 Å². The highest BCUT2D eigenvalue weighted by molar-refractivity contribution is 14.0. The van der Waals surface area contributed by atoms with Gasteiger partial charge in [-0.1, -0.05) is 12.1 Å². The van der Waals surface area contributed by atoms with Crippen LogP contribution in [-0.4, -0.2) is 53.4 Å². The topological polar surface area (TPSA) is 54.7 Å². The maximum absolute atomic E-state index is 13.8. The van der Waals surface area contributed by atoms with Gasteiger partial charge in [-0.25, -0.2) is 8.78 Å². The van der Waals surface area contributed by atoms with Crippen molar-refractivity contribution in [1.82, 2.24) is 20.0 Å². The summed E-state index contributed by atoms with van der Waals surface area (Å²) < 4.78 is 34.8. The SMILES string of the molecule is CCNC(=NCCc1cccc(F)c1F)N1CCOC(c2cnn(C)c2)C1.I. The summed E-state index contributed by atoms with van der Waals surface area (Å²) in [6.07, 6.45) is 4.03. The van der Waals surface area contributed by atoms with Gasteiger partial charge < -0.3 is 15.0 Å². The molecule has 2 aromatic rings. The van der Waals surface area contributed by atoms with Gasteiger partial charge in [-0.15, -0.1) is 24.0 Å². The summed E-state index contributed by atoms with van der Waals surface area (Å²) >= 11 is 0. The van der Waals surface area contributed by atoms with E-state index in [1.165, 1.54) is 6.07 Å². The number of aliphatic imine (C=N–C) groups is 1. The van der Waals surface area contributed by atoms with Crippen LogP contribution in [0.15, 0.2) is 35.6 Å². The lowest BCUT2D eigenvalue weighted by Crippen LogP contribution is -2.48. The van der Waals surface area contributed by atoms with Crippen molar-refractivity contribution in [3.8, 4) is 0 Å². The van der Waals surface area contributed by atoms with E-state index in [4.69, 9.17) is 4.74 Å². The molecule has 0 radical (unpaired) electrons. The third kappa shape index (κ3) is 5.63. The van der Waals surface area contributed by atoms with E-state index >= 15 is 0 Å². The zero-order valence-electron chi connectivity index (χ0n) is 16.1. The van der Waals surface area contributed by atoms with Gasteiger partial charge in [-0.05, 0) is 25.0 Å². The van der Waals surface area contributed by atoms with Gasteiger partial charge in [-0.2, -0.15) is 5.10 Å². The zero-order valence-corrected chi connectivity index (χ0v) is 18.4. The standard InChI is InChI=1S/C19H25F2N5O.HI/c1-3-22-19(23-8-7-14-5-4-6-16(20)18(14)21)26-9-10-27-17(13-26)15-11-24-25(2)12-15;/h4-6,11-12,17H,3,7-10,13H2,1-2H3,(H,22,23);1H. The number of ether oxygens (including phenoxy) is 1. The van der Waals surface area contributed by atoms with Gasteiger partial charge in [0.2, 0.25) is 0 Å². The second kappa shape index (κ2) is 10.7. The van der Waals surface area contributed by atoms with E-state index in [0.29, 0.717) is 31.7 Å². The maximum atomic E-state index is 13.8. The number of nitrogens with one attached hydrogen (secondary N) is 1. The highest BCUT2D eigenvalue weighted by Gasteiger charge is 2.25. The molecule has 3 rings (SSSR count). The Balaban J connectivity index is 0.00000280. The molecule has 0 spiro atoms. The first-order valence-corrected chi connectivity index (χ1v) is 9.14. The maximum Gasteiger partial charge on any atom is 0.194 e. The molecule has 154 valence electrons. The number of aromatic nitrogens is 2. The van der Waals surface area contributed by atoms with E-state index < -0.39 is 11.6 Å². The molecule has 1 aliphatic rings. The first kappa shape index (κ1) is 22.5. The molecule has 1 saturated heterocycles. The van der Waals surface area contributed by atoms with Crippen LogP contribution in [0.4, 0.5) is 8.78 Å². The molecular formula is C19H26F2IN5O. The van der Waals surface area contributed by atoms with E-state index in [0.717, 1.165) is 30.7 Å². The molecule has 2 heterocycles. The van der Waals surface area contributed by atoms with Gasteiger partial charge in [0.25, 0.3) is 0 Å². The molecule has 28 heavy (non-hydrogen) atoms. The van der Waals surface area contributed by atoms with Gasteiger partial charge in [0.15, 0.2) is 17.6 Å². The van der Waals surface area contributed by atoms with Crippen LogP contribution in [0.1, 0.15) is 24.2 Å². The largest absolute Gasteiger partial charge is 0.370 e. The van der Waals surface area contributed by atoms with Crippen molar-refractivity contribution < 1.29 is 13.5 Å². The normalized spacial score (nSPS) is 17.4. The van der Waals surface area contributed by atoms with Crippen LogP contribution in [0.25, 0.3) is 0 Å². The van der Waals surface area contributed by atoms with E-state index in [1.54, 1.807) is 10.7 Å².